The molecule has 2 aromatic heterocycles. The first-order valence-electron chi connectivity index (χ1n) is 8.13. The van der Waals surface area contributed by atoms with E-state index in [-0.39, 0.29) is 11.9 Å². The highest BCUT2D eigenvalue weighted by Gasteiger charge is 2.33. The Labute approximate surface area is 149 Å². The van der Waals surface area contributed by atoms with Crippen LogP contribution in [-0.2, 0) is 4.79 Å². The molecule has 1 amide bonds. The Morgan fingerprint density at radius 1 is 1.27 bits per heavy atom. The van der Waals surface area contributed by atoms with Crippen molar-refractivity contribution < 1.29 is 9.53 Å². The monoisotopic (exact) mass is 350 g/mol. The molecule has 8 heteroatoms. The van der Waals surface area contributed by atoms with Gasteiger partial charge in [-0.3, -0.25) is 4.79 Å². The van der Waals surface area contributed by atoms with Crippen LogP contribution in [0.4, 0.5) is 11.6 Å². The van der Waals surface area contributed by atoms with E-state index < -0.39 is 0 Å². The normalized spacial score (nSPS) is 16.0. The number of anilines is 2. The van der Waals surface area contributed by atoms with Gasteiger partial charge in [-0.25, -0.2) is 4.68 Å². The number of fused-ring (bicyclic) bond motifs is 1. The Morgan fingerprint density at radius 3 is 2.77 bits per heavy atom. The molecule has 8 nitrogen and oxygen atoms in total. The number of aromatic nitrogens is 4. The van der Waals surface area contributed by atoms with Gasteiger partial charge in [0.25, 0.3) is 5.91 Å². The van der Waals surface area contributed by atoms with E-state index in [2.05, 4.69) is 25.7 Å². The standard InChI is InChI=1S/C18H18N6O2/c1-11-15(17(25)23-12-5-7-13(26-2)8-6-12)16(14-4-3-9-19-14)24-18(22-11)20-10-21-24/h3-10,16,19H,1-2H3,(H,23,25)(H,20,21,22). The fourth-order valence-corrected chi connectivity index (χ4v) is 3.06. The lowest BCUT2D eigenvalue weighted by Crippen LogP contribution is -2.31. The lowest BCUT2D eigenvalue weighted by atomic mass is 9.99. The van der Waals surface area contributed by atoms with Crippen LogP contribution in [0.1, 0.15) is 18.7 Å². The van der Waals surface area contributed by atoms with E-state index >= 15 is 0 Å². The third kappa shape index (κ3) is 2.71. The van der Waals surface area contributed by atoms with Crippen molar-refractivity contribution in [3.8, 4) is 5.75 Å². The van der Waals surface area contributed by atoms with Crippen molar-refractivity contribution in [2.45, 2.75) is 13.0 Å². The molecule has 3 heterocycles. The number of nitrogens with zero attached hydrogens (tertiary/aromatic N) is 3. The molecule has 4 rings (SSSR count). The lowest BCUT2D eigenvalue weighted by Gasteiger charge is -2.27. The highest BCUT2D eigenvalue weighted by molar-refractivity contribution is 6.05. The van der Waals surface area contributed by atoms with Gasteiger partial charge in [0, 0.05) is 23.3 Å². The molecule has 1 aliphatic rings. The SMILES string of the molecule is COc1ccc(NC(=O)C2=C(C)Nc3ncnn3C2c2ccc[nH]2)cc1. The molecule has 3 aromatic rings. The minimum atomic E-state index is -0.387. The zero-order valence-electron chi connectivity index (χ0n) is 14.4. The van der Waals surface area contributed by atoms with Gasteiger partial charge in [0.05, 0.1) is 12.7 Å². The second kappa shape index (κ2) is 6.40. The number of benzene rings is 1. The van der Waals surface area contributed by atoms with E-state index in [1.165, 1.54) is 6.33 Å². The molecule has 26 heavy (non-hydrogen) atoms. The zero-order valence-corrected chi connectivity index (χ0v) is 14.4. The van der Waals surface area contributed by atoms with Crippen LogP contribution >= 0.6 is 0 Å². The van der Waals surface area contributed by atoms with Crippen LogP contribution < -0.4 is 15.4 Å². The maximum Gasteiger partial charge on any atom is 0.255 e. The van der Waals surface area contributed by atoms with Crippen molar-refractivity contribution in [2.75, 3.05) is 17.7 Å². The number of ether oxygens (including phenoxy) is 1. The van der Waals surface area contributed by atoms with Gasteiger partial charge < -0.3 is 20.4 Å². The zero-order chi connectivity index (χ0) is 18.1. The molecule has 0 spiro atoms. The van der Waals surface area contributed by atoms with Crippen molar-refractivity contribution in [1.29, 1.82) is 0 Å². The fraction of sp³-hybridized carbons (Fsp3) is 0.167. The van der Waals surface area contributed by atoms with E-state index in [9.17, 15) is 4.79 Å². The van der Waals surface area contributed by atoms with Crippen molar-refractivity contribution in [3.05, 3.63) is 65.9 Å². The quantitative estimate of drug-likeness (QED) is 0.672. The number of methoxy groups -OCH3 is 1. The first-order chi connectivity index (χ1) is 12.7. The van der Waals surface area contributed by atoms with E-state index in [1.807, 2.05) is 25.3 Å². The van der Waals surface area contributed by atoms with Gasteiger partial charge in [0.1, 0.15) is 18.1 Å². The summed E-state index contributed by atoms with van der Waals surface area (Å²) in [6.45, 7) is 1.86. The molecule has 0 aliphatic carbocycles. The Balaban J connectivity index is 1.69. The van der Waals surface area contributed by atoms with Crippen molar-refractivity contribution in [1.82, 2.24) is 19.7 Å². The van der Waals surface area contributed by atoms with Gasteiger partial charge in [-0.1, -0.05) is 0 Å². The third-order valence-electron chi connectivity index (χ3n) is 4.30. The van der Waals surface area contributed by atoms with Gasteiger partial charge in [0.15, 0.2) is 0 Å². The van der Waals surface area contributed by atoms with E-state index in [0.29, 0.717) is 17.2 Å². The summed E-state index contributed by atoms with van der Waals surface area (Å²) in [5.74, 6) is 1.12. The maximum atomic E-state index is 13.1. The summed E-state index contributed by atoms with van der Waals surface area (Å²) in [5.41, 5.74) is 2.85. The Morgan fingerprint density at radius 2 is 2.08 bits per heavy atom. The summed E-state index contributed by atoms with van der Waals surface area (Å²) in [7, 11) is 1.60. The molecule has 132 valence electrons. The summed E-state index contributed by atoms with van der Waals surface area (Å²) in [5, 5.41) is 10.4. The molecule has 3 N–H and O–H groups in total. The third-order valence-corrected chi connectivity index (χ3v) is 4.30. The first-order valence-corrected chi connectivity index (χ1v) is 8.13. The largest absolute Gasteiger partial charge is 0.497 e. The topological polar surface area (TPSA) is 96.9 Å². The summed E-state index contributed by atoms with van der Waals surface area (Å²) >= 11 is 0. The Kier molecular flexibility index (Phi) is 3.92. The summed E-state index contributed by atoms with van der Waals surface area (Å²) in [4.78, 5) is 20.4. The van der Waals surface area contributed by atoms with Crippen molar-refractivity contribution in [3.63, 3.8) is 0 Å². The Hall–Kier alpha value is -3.55. The van der Waals surface area contributed by atoms with Crippen LogP contribution in [0.3, 0.4) is 0 Å². The Bertz CT molecular complexity index is 956. The smallest absolute Gasteiger partial charge is 0.255 e. The van der Waals surface area contributed by atoms with Crippen LogP contribution in [0.5, 0.6) is 5.75 Å². The molecule has 0 bridgehead atoms. The summed E-state index contributed by atoms with van der Waals surface area (Å²) < 4.78 is 6.85. The van der Waals surface area contributed by atoms with E-state index in [0.717, 1.165) is 17.1 Å². The predicted octanol–water partition coefficient (Wildman–Crippen LogP) is 2.54. The number of aromatic amines is 1. The number of nitrogens with one attached hydrogen (secondary N) is 3. The number of H-pyrrole nitrogens is 1. The van der Waals surface area contributed by atoms with Crippen LogP contribution in [-0.4, -0.2) is 32.8 Å². The van der Waals surface area contributed by atoms with Gasteiger partial charge in [-0.15, -0.1) is 0 Å². The average molecular weight is 350 g/mol. The minimum absolute atomic E-state index is 0.207. The molecule has 1 aromatic carbocycles. The van der Waals surface area contributed by atoms with Gasteiger partial charge in [-0.2, -0.15) is 10.1 Å². The molecule has 0 saturated heterocycles. The second-order valence-corrected chi connectivity index (χ2v) is 5.90. The van der Waals surface area contributed by atoms with Crippen molar-refractivity contribution in [2.24, 2.45) is 0 Å². The lowest BCUT2D eigenvalue weighted by molar-refractivity contribution is -0.113. The van der Waals surface area contributed by atoms with Gasteiger partial charge in [-0.05, 0) is 43.3 Å². The number of carbonyl (C=O) groups excluding carboxylic acids is 1. The molecular formula is C18H18N6O2. The van der Waals surface area contributed by atoms with Crippen LogP contribution in [0.2, 0.25) is 0 Å². The van der Waals surface area contributed by atoms with Gasteiger partial charge in [0.2, 0.25) is 5.95 Å². The fourth-order valence-electron chi connectivity index (χ4n) is 3.06. The van der Waals surface area contributed by atoms with Crippen molar-refractivity contribution >= 4 is 17.5 Å². The van der Waals surface area contributed by atoms with Crippen LogP contribution in [0.15, 0.2) is 60.2 Å². The summed E-state index contributed by atoms with van der Waals surface area (Å²) in [6.07, 6.45) is 3.29. The maximum absolute atomic E-state index is 13.1. The number of carbonyl (C=O) groups is 1. The molecule has 1 aliphatic heterocycles. The summed E-state index contributed by atoms with van der Waals surface area (Å²) in [6, 6.07) is 10.6. The molecule has 1 atom stereocenters. The molecule has 0 fully saturated rings. The van der Waals surface area contributed by atoms with Crippen LogP contribution in [0, 0.1) is 0 Å². The molecule has 0 saturated carbocycles. The van der Waals surface area contributed by atoms with Gasteiger partial charge >= 0.3 is 0 Å². The minimum Gasteiger partial charge on any atom is -0.497 e. The highest BCUT2D eigenvalue weighted by Crippen LogP contribution is 2.34. The molecular weight excluding hydrogens is 332 g/mol. The highest BCUT2D eigenvalue weighted by atomic mass is 16.5. The molecule has 1 unspecified atom stereocenters. The first kappa shape index (κ1) is 15.9. The number of amides is 1. The van der Waals surface area contributed by atoms with E-state index in [4.69, 9.17) is 4.74 Å². The number of hydrogen-bond acceptors (Lipinski definition) is 5. The number of hydrogen-bond donors (Lipinski definition) is 3. The van der Waals surface area contributed by atoms with Crippen LogP contribution in [0.25, 0.3) is 0 Å². The number of rotatable bonds is 4. The average Bonchev–Trinajstić information content (AvgIpc) is 3.32. The number of allylic oxidation sites excluding steroid dienone is 1. The van der Waals surface area contributed by atoms with E-state index in [1.54, 1.807) is 36.1 Å². The second-order valence-electron chi connectivity index (χ2n) is 5.90. The predicted molar refractivity (Wildman–Crippen MR) is 96.9 cm³/mol. The molecule has 0 radical (unpaired) electrons.